The van der Waals surface area contributed by atoms with Gasteiger partial charge in [-0.15, -0.1) is 68.0 Å². The molecule has 0 aliphatic heterocycles. The molecular formula is C32H22O4S6. The third-order valence-electron chi connectivity index (χ3n) is 7.72. The summed E-state index contributed by atoms with van der Waals surface area (Å²) >= 11 is 9.71. The molecule has 0 unspecified atom stereocenters. The Balaban J connectivity index is 1.52. The van der Waals surface area contributed by atoms with Crippen LogP contribution in [0.15, 0.2) is 32.5 Å². The average molecular weight is 663 g/mol. The third-order valence-corrected chi connectivity index (χ3v) is 14.6. The van der Waals surface area contributed by atoms with Gasteiger partial charge in [-0.1, -0.05) is 27.7 Å². The molecule has 0 bridgehead atoms. The Morgan fingerprint density at radius 2 is 0.952 bits per heavy atom. The predicted molar refractivity (Wildman–Crippen MR) is 189 cm³/mol. The summed E-state index contributed by atoms with van der Waals surface area (Å²) in [5, 5.41) is 9.67. The zero-order chi connectivity index (χ0) is 28.6. The molecule has 0 radical (unpaired) electrons. The molecule has 9 aromatic rings. The molecule has 9 rings (SSSR count). The van der Waals surface area contributed by atoms with Crippen molar-refractivity contribution in [2.75, 3.05) is 13.2 Å². The van der Waals surface area contributed by atoms with E-state index in [1.165, 1.54) is 22.7 Å². The van der Waals surface area contributed by atoms with Gasteiger partial charge in [-0.2, -0.15) is 0 Å². The summed E-state index contributed by atoms with van der Waals surface area (Å²) in [4.78, 5) is 28.0. The number of thiophene rings is 6. The van der Waals surface area contributed by atoms with Gasteiger partial charge in [0.15, 0.2) is 0 Å². The van der Waals surface area contributed by atoms with Crippen molar-refractivity contribution in [3.63, 3.8) is 0 Å². The van der Waals surface area contributed by atoms with Gasteiger partial charge in [-0.3, -0.25) is 9.59 Å². The number of benzene rings is 1. The van der Waals surface area contributed by atoms with Crippen molar-refractivity contribution in [2.45, 2.75) is 27.7 Å². The van der Waals surface area contributed by atoms with Crippen molar-refractivity contribution in [3.05, 3.63) is 43.3 Å². The quantitative estimate of drug-likeness (QED) is 0.178. The van der Waals surface area contributed by atoms with E-state index in [0.717, 1.165) is 90.8 Å². The summed E-state index contributed by atoms with van der Waals surface area (Å²) in [5.74, 6) is 2.19. The first-order valence-electron chi connectivity index (χ1n) is 13.8. The second-order valence-corrected chi connectivity index (χ2v) is 17.6. The molecular weight excluding hydrogens is 641 g/mol. The molecule has 42 heavy (non-hydrogen) atoms. The maximum absolute atomic E-state index is 14.0. The molecule has 4 nitrogen and oxygen atoms in total. The van der Waals surface area contributed by atoms with Gasteiger partial charge in [-0.25, -0.2) is 0 Å². The van der Waals surface area contributed by atoms with Crippen LogP contribution in [0.4, 0.5) is 0 Å². The Labute approximate surface area is 262 Å². The number of hydrogen-bond acceptors (Lipinski definition) is 10. The van der Waals surface area contributed by atoms with Gasteiger partial charge in [0.2, 0.25) is 10.9 Å². The summed E-state index contributed by atoms with van der Waals surface area (Å²) < 4.78 is 23.4. The van der Waals surface area contributed by atoms with Crippen LogP contribution in [0.25, 0.3) is 79.3 Å². The van der Waals surface area contributed by atoms with E-state index in [1.807, 2.05) is 0 Å². The van der Waals surface area contributed by atoms with Crippen molar-refractivity contribution < 1.29 is 9.47 Å². The minimum Gasteiger partial charge on any atom is -0.491 e. The minimum absolute atomic E-state index is 0.101. The highest BCUT2D eigenvalue weighted by molar-refractivity contribution is 7.35. The lowest BCUT2D eigenvalue weighted by atomic mass is 10.1. The molecule has 210 valence electrons. The average Bonchev–Trinajstić information content (AvgIpc) is 3.76. The summed E-state index contributed by atoms with van der Waals surface area (Å²) in [6, 6.07) is 4.21. The second kappa shape index (κ2) is 8.97. The molecule has 0 saturated heterocycles. The molecule has 0 spiro atoms. The van der Waals surface area contributed by atoms with Crippen LogP contribution in [-0.2, 0) is 0 Å². The summed E-state index contributed by atoms with van der Waals surface area (Å²) in [5.41, 5.74) is 0.202. The van der Waals surface area contributed by atoms with E-state index < -0.39 is 0 Å². The van der Waals surface area contributed by atoms with E-state index in [0.29, 0.717) is 25.0 Å². The van der Waals surface area contributed by atoms with Gasteiger partial charge in [0.25, 0.3) is 0 Å². The van der Waals surface area contributed by atoms with Gasteiger partial charge in [0, 0.05) is 40.3 Å². The highest BCUT2D eigenvalue weighted by atomic mass is 32.1. The van der Waals surface area contributed by atoms with E-state index >= 15 is 0 Å². The molecule has 0 amide bonds. The normalized spacial score (nSPS) is 13.1. The SMILES string of the molecule is CC(C)COc1c2sc3c(=O)c4c5sccc5sc4c3c2c(OCC(C)C)c2sc3c(=O)c4c5sccc5sc4c3c12. The largest absolute Gasteiger partial charge is 0.491 e. The van der Waals surface area contributed by atoms with E-state index in [-0.39, 0.29) is 10.9 Å². The van der Waals surface area contributed by atoms with Crippen LogP contribution in [0.1, 0.15) is 27.7 Å². The Morgan fingerprint density at radius 1 is 0.524 bits per heavy atom. The fraction of sp³-hybridized carbons (Fsp3) is 0.250. The number of rotatable bonds is 6. The lowest BCUT2D eigenvalue weighted by Gasteiger charge is -2.16. The standard InChI is InChI=1S/C32H22O4S6/c1-11(2)9-35-23-15-17-27-19(25-13(39-27)5-7-37-25)21(33)29(17)42-32(15)24(36-10-12(3)4)16-18-28-20(22(34)30(18)41-31(16)23)26-14(40-28)6-8-38-26/h5-8,11-12H,9-10H2,1-4H3. The minimum atomic E-state index is 0.101. The van der Waals surface area contributed by atoms with Gasteiger partial charge in [-0.05, 0) is 34.7 Å². The number of ether oxygens (including phenoxy) is 2. The fourth-order valence-corrected chi connectivity index (χ4v) is 13.5. The lowest BCUT2D eigenvalue weighted by Crippen LogP contribution is -2.07. The van der Waals surface area contributed by atoms with Crippen LogP contribution in [0.2, 0.25) is 0 Å². The molecule has 0 aliphatic carbocycles. The molecule has 0 N–H and O–H groups in total. The highest BCUT2D eigenvalue weighted by Gasteiger charge is 2.31. The lowest BCUT2D eigenvalue weighted by molar-refractivity contribution is 0.273. The zero-order valence-corrected chi connectivity index (χ0v) is 27.9. The molecule has 6 aromatic heterocycles. The first-order chi connectivity index (χ1) is 20.3. The Bertz CT molecular complexity index is 2450. The Morgan fingerprint density at radius 3 is 1.36 bits per heavy atom. The van der Waals surface area contributed by atoms with Crippen molar-refractivity contribution >= 4 is 147 Å². The van der Waals surface area contributed by atoms with Crippen LogP contribution >= 0.6 is 68.0 Å². The summed E-state index contributed by atoms with van der Waals surface area (Å²) in [7, 11) is 0. The molecule has 6 heterocycles. The van der Waals surface area contributed by atoms with Crippen molar-refractivity contribution in [1.82, 2.24) is 0 Å². The van der Waals surface area contributed by atoms with Crippen LogP contribution < -0.4 is 20.3 Å². The summed E-state index contributed by atoms with van der Waals surface area (Å²) in [6.45, 7) is 9.65. The van der Waals surface area contributed by atoms with Crippen LogP contribution in [0.3, 0.4) is 0 Å². The molecule has 10 heteroatoms. The molecule has 0 atom stereocenters. The maximum atomic E-state index is 14.0. The van der Waals surface area contributed by atoms with E-state index in [1.54, 1.807) is 45.3 Å². The monoisotopic (exact) mass is 662 g/mol. The van der Waals surface area contributed by atoms with Gasteiger partial charge < -0.3 is 9.47 Å². The van der Waals surface area contributed by atoms with E-state index in [9.17, 15) is 9.59 Å². The maximum Gasteiger partial charge on any atom is 0.206 e. The first kappa shape index (κ1) is 25.9. The molecule has 3 aromatic carbocycles. The third kappa shape index (κ3) is 3.25. The molecule has 0 aliphatic rings. The van der Waals surface area contributed by atoms with Crippen LogP contribution in [0, 0.1) is 11.8 Å². The number of fused-ring (bicyclic) bond motifs is 14. The predicted octanol–water partition coefficient (Wildman–Crippen LogP) is 10.9. The topological polar surface area (TPSA) is 52.6 Å². The summed E-state index contributed by atoms with van der Waals surface area (Å²) in [6.07, 6.45) is 0. The van der Waals surface area contributed by atoms with Crippen LogP contribution in [0.5, 0.6) is 11.5 Å². The smallest absolute Gasteiger partial charge is 0.206 e. The zero-order valence-electron chi connectivity index (χ0n) is 23.0. The Kier molecular flexibility index (Phi) is 5.52. The van der Waals surface area contributed by atoms with Crippen molar-refractivity contribution in [1.29, 1.82) is 0 Å². The van der Waals surface area contributed by atoms with Gasteiger partial charge >= 0.3 is 0 Å². The van der Waals surface area contributed by atoms with Crippen molar-refractivity contribution in [3.8, 4) is 11.5 Å². The second-order valence-electron chi connectivity index (χ2n) is 11.6. The van der Waals surface area contributed by atoms with E-state index in [2.05, 4.69) is 50.6 Å². The molecule has 0 fully saturated rings. The first-order valence-corrected chi connectivity index (χ1v) is 18.8. The fourth-order valence-electron chi connectivity index (χ4n) is 6.01. The van der Waals surface area contributed by atoms with Gasteiger partial charge in [0.05, 0.1) is 52.2 Å². The highest BCUT2D eigenvalue weighted by Crippen LogP contribution is 2.58. The molecule has 0 saturated carbocycles. The van der Waals surface area contributed by atoms with Crippen molar-refractivity contribution in [2.24, 2.45) is 11.8 Å². The Hall–Kier alpha value is -2.60. The van der Waals surface area contributed by atoms with Crippen LogP contribution in [-0.4, -0.2) is 13.2 Å². The van der Waals surface area contributed by atoms with E-state index in [4.69, 9.17) is 9.47 Å². The van der Waals surface area contributed by atoms with Gasteiger partial charge in [0.1, 0.15) is 11.5 Å². The number of hydrogen-bond donors (Lipinski definition) is 0.